The fourth-order valence-electron chi connectivity index (χ4n) is 4.71. The molecule has 2 aromatic carbocycles. The summed E-state index contributed by atoms with van der Waals surface area (Å²) in [7, 11) is -3.35. The highest BCUT2D eigenvalue weighted by Crippen LogP contribution is 2.40. The van der Waals surface area contributed by atoms with E-state index in [0.717, 1.165) is 5.56 Å². The number of fused-ring (bicyclic) bond motifs is 2. The fourth-order valence-corrected chi connectivity index (χ4v) is 5.55. The number of carbonyl (C=O) groups excluding carboxylic acids is 1. The summed E-state index contributed by atoms with van der Waals surface area (Å²) >= 11 is 0. The maximum Gasteiger partial charge on any atom is 0.326 e. The van der Waals surface area contributed by atoms with Crippen LogP contribution in [-0.4, -0.2) is 55.4 Å². The van der Waals surface area contributed by atoms with Crippen molar-refractivity contribution in [3.8, 4) is 11.1 Å². The molecule has 1 aromatic heterocycles. The van der Waals surface area contributed by atoms with E-state index >= 15 is 0 Å². The predicted molar refractivity (Wildman–Crippen MR) is 118 cm³/mol. The molecule has 2 aliphatic rings. The monoisotopic (exact) mass is 458 g/mol. The summed E-state index contributed by atoms with van der Waals surface area (Å²) in [6.45, 7) is 4.07. The third-order valence-electron chi connectivity index (χ3n) is 6.24. The highest BCUT2D eigenvalue weighted by molar-refractivity contribution is 7.89. The summed E-state index contributed by atoms with van der Waals surface area (Å²) in [4.78, 5) is 16.4. The van der Waals surface area contributed by atoms with Gasteiger partial charge in [-0.1, -0.05) is 29.4 Å². The molecule has 32 heavy (non-hydrogen) atoms. The number of rotatable bonds is 5. The van der Waals surface area contributed by atoms with E-state index in [9.17, 15) is 17.6 Å². The number of nitrogens with zero attached hydrogens (tertiary/aromatic N) is 3. The van der Waals surface area contributed by atoms with Crippen LogP contribution in [0.3, 0.4) is 0 Å². The quantitative estimate of drug-likeness (QED) is 0.633. The molecule has 3 aromatic rings. The van der Waals surface area contributed by atoms with Gasteiger partial charge in [-0.15, -0.1) is 0 Å². The van der Waals surface area contributed by atoms with Crippen molar-refractivity contribution in [1.29, 1.82) is 0 Å². The number of carbonyl (C=O) groups is 1. The van der Waals surface area contributed by atoms with Gasteiger partial charge in [-0.2, -0.15) is 0 Å². The summed E-state index contributed by atoms with van der Waals surface area (Å²) in [5.41, 5.74) is 2.30. The number of halogens is 1. The standard InChI is InChI=1S/C22H23FN4O4S/c1-3-32(29,30)25-14-10-15-12-27(22(28)26(15)11-14)21-20-16(7-5-9-18(20)31-24-21)19-13(2)6-4-8-17(19)23/h4-9,14-15,25H,3,10-12H2,1-2H3/t14-,15-/m0/s1. The predicted octanol–water partition coefficient (Wildman–Crippen LogP) is 3.26. The third kappa shape index (κ3) is 3.34. The van der Waals surface area contributed by atoms with Crippen molar-refractivity contribution in [2.75, 3.05) is 23.7 Å². The lowest BCUT2D eigenvalue weighted by atomic mass is 9.96. The van der Waals surface area contributed by atoms with Crippen LogP contribution in [0.4, 0.5) is 15.0 Å². The lowest BCUT2D eigenvalue weighted by Gasteiger charge is -2.18. The molecule has 2 saturated heterocycles. The lowest BCUT2D eigenvalue weighted by Crippen LogP contribution is -2.41. The first-order valence-corrected chi connectivity index (χ1v) is 12.2. The Morgan fingerprint density at radius 3 is 2.72 bits per heavy atom. The average Bonchev–Trinajstić information content (AvgIpc) is 3.42. The second-order valence-corrected chi connectivity index (χ2v) is 10.3. The van der Waals surface area contributed by atoms with E-state index in [1.165, 1.54) is 6.07 Å². The molecule has 0 bridgehead atoms. The van der Waals surface area contributed by atoms with E-state index in [1.54, 1.807) is 41.0 Å². The normalized spacial score (nSPS) is 21.0. The van der Waals surface area contributed by atoms with Crippen LogP contribution in [0.5, 0.6) is 0 Å². The maximum atomic E-state index is 14.8. The molecule has 0 saturated carbocycles. The minimum atomic E-state index is -3.35. The molecule has 168 valence electrons. The smallest absolute Gasteiger partial charge is 0.326 e. The molecule has 3 heterocycles. The van der Waals surface area contributed by atoms with Gasteiger partial charge in [0, 0.05) is 24.7 Å². The van der Waals surface area contributed by atoms with Gasteiger partial charge < -0.3 is 9.42 Å². The molecule has 2 aliphatic heterocycles. The van der Waals surface area contributed by atoms with Gasteiger partial charge in [0.1, 0.15) is 5.82 Å². The van der Waals surface area contributed by atoms with Gasteiger partial charge in [0.15, 0.2) is 11.4 Å². The van der Waals surface area contributed by atoms with E-state index in [0.29, 0.717) is 47.4 Å². The molecule has 0 radical (unpaired) electrons. The van der Waals surface area contributed by atoms with Crippen molar-refractivity contribution in [2.24, 2.45) is 0 Å². The van der Waals surface area contributed by atoms with Crippen LogP contribution in [0.25, 0.3) is 22.1 Å². The van der Waals surface area contributed by atoms with Crippen molar-refractivity contribution in [1.82, 2.24) is 14.8 Å². The first kappa shape index (κ1) is 20.9. The van der Waals surface area contributed by atoms with Crippen molar-refractivity contribution < 1.29 is 22.1 Å². The van der Waals surface area contributed by atoms with Crippen LogP contribution in [0.1, 0.15) is 18.9 Å². The van der Waals surface area contributed by atoms with Gasteiger partial charge in [0.05, 0.1) is 17.2 Å². The van der Waals surface area contributed by atoms with Gasteiger partial charge in [-0.3, -0.25) is 4.90 Å². The lowest BCUT2D eigenvalue weighted by molar-refractivity contribution is 0.218. The number of sulfonamides is 1. The summed E-state index contributed by atoms with van der Waals surface area (Å²) in [6, 6.07) is 9.50. The van der Waals surface area contributed by atoms with Crippen LogP contribution < -0.4 is 9.62 Å². The van der Waals surface area contributed by atoms with Gasteiger partial charge in [-0.05, 0) is 43.5 Å². The van der Waals surface area contributed by atoms with E-state index in [-0.39, 0.29) is 29.7 Å². The Bertz CT molecular complexity index is 1300. The number of aromatic nitrogens is 1. The SMILES string of the molecule is CCS(=O)(=O)N[C@H]1C[C@H]2CN(c3noc4cccc(-c5c(C)cccc5F)c34)C(=O)N2C1. The van der Waals surface area contributed by atoms with E-state index in [1.807, 2.05) is 13.0 Å². The van der Waals surface area contributed by atoms with E-state index < -0.39 is 10.0 Å². The van der Waals surface area contributed by atoms with Crippen LogP contribution in [0.15, 0.2) is 40.9 Å². The van der Waals surface area contributed by atoms with Crippen LogP contribution in [0.2, 0.25) is 0 Å². The van der Waals surface area contributed by atoms with Gasteiger partial charge >= 0.3 is 6.03 Å². The number of urea groups is 1. The molecule has 0 aliphatic carbocycles. The molecular weight excluding hydrogens is 435 g/mol. The molecule has 1 N–H and O–H groups in total. The van der Waals surface area contributed by atoms with E-state index in [4.69, 9.17) is 4.52 Å². The topological polar surface area (TPSA) is 95.7 Å². The largest absolute Gasteiger partial charge is 0.354 e. The minimum absolute atomic E-state index is 0.00257. The highest BCUT2D eigenvalue weighted by Gasteiger charge is 2.46. The van der Waals surface area contributed by atoms with Crippen LogP contribution in [0, 0.1) is 12.7 Å². The zero-order chi connectivity index (χ0) is 22.6. The van der Waals surface area contributed by atoms with Crippen LogP contribution >= 0.6 is 0 Å². The second kappa shape index (κ2) is 7.56. The second-order valence-electron chi connectivity index (χ2n) is 8.27. The van der Waals surface area contributed by atoms with Crippen molar-refractivity contribution in [3.63, 3.8) is 0 Å². The zero-order valence-electron chi connectivity index (χ0n) is 17.7. The third-order valence-corrected chi connectivity index (χ3v) is 7.69. The number of anilines is 1. The van der Waals surface area contributed by atoms with Crippen molar-refractivity contribution in [3.05, 3.63) is 47.8 Å². The molecular formula is C22H23FN4O4S. The number of nitrogens with one attached hydrogen (secondary N) is 1. The van der Waals surface area contributed by atoms with Gasteiger partial charge in [-0.25, -0.2) is 22.3 Å². The Kier molecular flexibility index (Phi) is 4.94. The Labute approximate surface area is 185 Å². The van der Waals surface area contributed by atoms with E-state index in [2.05, 4.69) is 9.88 Å². The average molecular weight is 459 g/mol. The highest BCUT2D eigenvalue weighted by atomic mass is 32.2. The molecule has 5 rings (SSSR count). The van der Waals surface area contributed by atoms with Gasteiger partial charge in [0.25, 0.3) is 0 Å². The first-order chi connectivity index (χ1) is 15.3. The molecule has 10 heteroatoms. The molecule has 8 nitrogen and oxygen atoms in total. The summed E-state index contributed by atoms with van der Waals surface area (Å²) in [5, 5.41) is 4.74. The summed E-state index contributed by atoms with van der Waals surface area (Å²) in [6.07, 6.45) is 0.524. The van der Waals surface area contributed by atoms with Crippen molar-refractivity contribution in [2.45, 2.75) is 32.4 Å². The molecule has 0 spiro atoms. The Hall–Kier alpha value is -2.98. The van der Waals surface area contributed by atoms with Crippen molar-refractivity contribution >= 4 is 32.8 Å². The first-order valence-electron chi connectivity index (χ1n) is 10.5. The minimum Gasteiger partial charge on any atom is -0.354 e. The Balaban J connectivity index is 1.50. The number of hydrogen-bond acceptors (Lipinski definition) is 5. The maximum absolute atomic E-state index is 14.8. The number of hydrogen-bond donors (Lipinski definition) is 1. The number of amides is 2. The number of aryl methyl sites for hydroxylation is 1. The number of benzene rings is 2. The molecule has 2 fully saturated rings. The van der Waals surface area contributed by atoms with Crippen LogP contribution in [-0.2, 0) is 10.0 Å². The fraction of sp³-hybridized carbons (Fsp3) is 0.364. The Morgan fingerprint density at radius 1 is 1.22 bits per heavy atom. The summed E-state index contributed by atoms with van der Waals surface area (Å²) in [5.74, 6) is -0.00960. The molecule has 2 amide bonds. The zero-order valence-corrected chi connectivity index (χ0v) is 18.5. The molecule has 0 unspecified atom stereocenters. The molecule has 2 atom stereocenters. The summed E-state index contributed by atoms with van der Waals surface area (Å²) < 4.78 is 46.7. The Morgan fingerprint density at radius 2 is 2.00 bits per heavy atom. The van der Waals surface area contributed by atoms with Gasteiger partial charge in [0.2, 0.25) is 10.0 Å².